The minimum absolute atomic E-state index is 0.0710. The van der Waals surface area contributed by atoms with Gasteiger partial charge < -0.3 is 11.1 Å². The minimum Gasteiger partial charge on any atom is -0.370 e. The van der Waals surface area contributed by atoms with E-state index in [1.54, 1.807) is 6.92 Å². The smallest absolute Gasteiger partial charge is 0.227 e. The van der Waals surface area contributed by atoms with Crippen molar-refractivity contribution in [3.63, 3.8) is 0 Å². The van der Waals surface area contributed by atoms with Gasteiger partial charge in [-0.2, -0.15) is 0 Å². The van der Waals surface area contributed by atoms with E-state index in [4.69, 9.17) is 5.73 Å². The maximum absolute atomic E-state index is 12.1. The third-order valence-electron chi connectivity index (χ3n) is 3.20. The minimum atomic E-state index is -0.456. The van der Waals surface area contributed by atoms with Crippen molar-refractivity contribution in [2.24, 2.45) is 11.7 Å². The molecule has 0 aliphatic heterocycles. The lowest BCUT2D eigenvalue weighted by molar-refractivity contribution is -0.125. The van der Waals surface area contributed by atoms with E-state index in [9.17, 15) is 9.59 Å². The first kappa shape index (κ1) is 15.2. The number of aryl methyl sites for hydroxylation is 2. The summed E-state index contributed by atoms with van der Waals surface area (Å²) in [7, 11) is 0. The molecular formula is C15H22N2O2. The van der Waals surface area contributed by atoms with Gasteiger partial charge in [-0.1, -0.05) is 39.0 Å². The molecule has 0 heterocycles. The van der Waals surface area contributed by atoms with Crippen molar-refractivity contribution in [1.29, 1.82) is 0 Å². The lowest BCUT2D eigenvalue weighted by atomic mass is 10.0. The fourth-order valence-corrected chi connectivity index (χ4v) is 2.04. The average molecular weight is 262 g/mol. The van der Waals surface area contributed by atoms with Crippen LogP contribution in [0.3, 0.4) is 0 Å². The van der Waals surface area contributed by atoms with Crippen molar-refractivity contribution in [2.45, 2.75) is 40.0 Å². The van der Waals surface area contributed by atoms with Gasteiger partial charge in [-0.15, -0.1) is 0 Å². The van der Waals surface area contributed by atoms with Crippen molar-refractivity contribution in [2.75, 3.05) is 5.32 Å². The number of para-hydroxylation sites is 1. The van der Waals surface area contributed by atoms with E-state index in [2.05, 4.69) is 19.2 Å². The molecule has 1 aromatic rings. The molecule has 1 atom stereocenters. The summed E-state index contributed by atoms with van der Waals surface area (Å²) in [5.74, 6) is -1.02. The second kappa shape index (κ2) is 6.92. The molecule has 4 nitrogen and oxygen atoms in total. The van der Waals surface area contributed by atoms with E-state index in [1.165, 1.54) is 0 Å². The maximum Gasteiger partial charge on any atom is 0.227 e. The number of nitrogens with one attached hydrogen (secondary N) is 1. The Hall–Kier alpha value is -1.84. The van der Waals surface area contributed by atoms with Crippen LogP contribution < -0.4 is 11.1 Å². The van der Waals surface area contributed by atoms with Crippen LogP contribution in [-0.2, 0) is 22.4 Å². The number of primary amides is 1. The SMILES string of the molecule is CCc1cccc(CC)c1NC(=O)C(C)CC(N)=O. The number of hydrogen-bond donors (Lipinski definition) is 2. The fraction of sp³-hybridized carbons (Fsp3) is 0.467. The Bertz CT molecular complexity index is 447. The molecule has 0 aliphatic carbocycles. The number of anilines is 1. The van der Waals surface area contributed by atoms with Gasteiger partial charge in [0.2, 0.25) is 11.8 Å². The Morgan fingerprint density at radius 3 is 2.16 bits per heavy atom. The number of amides is 2. The van der Waals surface area contributed by atoms with Crippen molar-refractivity contribution in [3.8, 4) is 0 Å². The number of carbonyl (C=O) groups excluding carboxylic acids is 2. The van der Waals surface area contributed by atoms with Crippen LogP contribution in [0.5, 0.6) is 0 Å². The molecule has 0 saturated carbocycles. The highest BCUT2D eigenvalue weighted by Crippen LogP contribution is 2.23. The lowest BCUT2D eigenvalue weighted by Crippen LogP contribution is -2.26. The predicted octanol–water partition coefficient (Wildman–Crippen LogP) is 2.26. The Balaban J connectivity index is 2.92. The molecule has 0 radical (unpaired) electrons. The Morgan fingerprint density at radius 2 is 1.74 bits per heavy atom. The fourth-order valence-electron chi connectivity index (χ4n) is 2.04. The van der Waals surface area contributed by atoms with Crippen molar-refractivity contribution >= 4 is 17.5 Å². The first-order chi connectivity index (χ1) is 8.99. The second-order valence-electron chi connectivity index (χ2n) is 4.72. The highest BCUT2D eigenvalue weighted by Gasteiger charge is 2.17. The zero-order valence-electron chi connectivity index (χ0n) is 11.8. The van der Waals surface area contributed by atoms with Gasteiger partial charge in [0.05, 0.1) is 0 Å². The van der Waals surface area contributed by atoms with Crippen LogP contribution in [0, 0.1) is 5.92 Å². The molecule has 0 aliphatic rings. The third kappa shape index (κ3) is 4.09. The Kier molecular flexibility index (Phi) is 5.55. The van der Waals surface area contributed by atoms with Crippen molar-refractivity contribution in [3.05, 3.63) is 29.3 Å². The topological polar surface area (TPSA) is 72.2 Å². The summed E-state index contributed by atoms with van der Waals surface area (Å²) in [6.07, 6.45) is 1.78. The largest absolute Gasteiger partial charge is 0.370 e. The Morgan fingerprint density at radius 1 is 1.21 bits per heavy atom. The molecular weight excluding hydrogens is 240 g/mol. The van der Waals surface area contributed by atoms with Crippen molar-refractivity contribution in [1.82, 2.24) is 0 Å². The van der Waals surface area contributed by atoms with Gasteiger partial charge in [0, 0.05) is 18.0 Å². The molecule has 1 aromatic carbocycles. The summed E-state index contributed by atoms with van der Waals surface area (Å²) in [5, 5.41) is 2.94. The summed E-state index contributed by atoms with van der Waals surface area (Å²) in [6.45, 7) is 5.81. The number of benzene rings is 1. The van der Waals surface area contributed by atoms with E-state index in [1.807, 2.05) is 18.2 Å². The van der Waals surface area contributed by atoms with Crippen molar-refractivity contribution < 1.29 is 9.59 Å². The van der Waals surface area contributed by atoms with Gasteiger partial charge in [-0.25, -0.2) is 0 Å². The van der Waals surface area contributed by atoms with Gasteiger partial charge in [-0.05, 0) is 24.0 Å². The molecule has 1 unspecified atom stereocenters. The Labute approximate surface area is 114 Å². The summed E-state index contributed by atoms with van der Waals surface area (Å²) in [6, 6.07) is 6.02. The van der Waals surface area contributed by atoms with Gasteiger partial charge >= 0.3 is 0 Å². The van der Waals surface area contributed by atoms with Gasteiger partial charge in [-0.3, -0.25) is 9.59 Å². The van der Waals surface area contributed by atoms with E-state index in [0.717, 1.165) is 29.7 Å². The summed E-state index contributed by atoms with van der Waals surface area (Å²) in [5.41, 5.74) is 8.22. The van der Waals surface area contributed by atoms with Gasteiger partial charge in [0.25, 0.3) is 0 Å². The molecule has 19 heavy (non-hydrogen) atoms. The maximum atomic E-state index is 12.1. The summed E-state index contributed by atoms with van der Waals surface area (Å²) >= 11 is 0. The predicted molar refractivity (Wildman–Crippen MR) is 76.8 cm³/mol. The van der Waals surface area contributed by atoms with Crippen LogP contribution in [0.1, 0.15) is 38.3 Å². The van der Waals surface area contributed by atoms with Crippen LogP contribution in [0.15, 0.2) is 18.2 Å². The zero-order valence-corrected chi connectivity index (χ0v) is 11.8. The molecule has 0 aromatic heterocycles. The molecule has 4 heteroatoms. The van der Waals surface area contributed by atoms with E-state index >= 15 is 0 Å². The quantitative estimate of drug-likeness (QED) is 0.825. The molecule has 0 bridgehead atoms. The monoisotopic (exact) mass is 262 g/mol. The first-order valence-corrected chi connectivity index (χ1v) is 6.69. The molecule has 0 fully saturated rings. The first-order valence-electron chi connectivity index (χ1n) is 6.69. The number of hydrogen-bond acceptors (Lipinski definition) is 2. The average Bonchev–Trinajstić information content (AvgIpc) is 2.37. The van der Waals surface area contributed by atoms with Crippen LogP contribution in [0.25, 0.3) is 0 Å². The highest BCUT2D eigenvalue weighted by atomic mass is 16.2. The molecule has 0 saturated heterocycles. The van der Waals surface area contributed by atoms with E-state index in [0.29, 0.717) is 0 Å². The van der Waals surface area contributed by atoms with E-state index in [-0.39, 0.29) is 12.3 Å². The standard InChI is InChI=1S/C15H22N2O2/c1-4-11-7-6-8-12(5-2)14(11)17-15(19)10(3)9-13(16)18/h6-8,10H,4-5,9H2,1-3H3,(H2,16,18)(H,17,19). The lowest BCUT2D eigenvalue weighted by Gasteiger charge is -2.16. The number of rotatable bonds is 6. The van der Waals surface area contributed by atoms with Gasteiger partial charge in [0.15, 0.2) is 0 Å². The van der Waals surface area contributed by atoms with Crippen LogP contribution >= 0.6 is 0 Å². The molecule has 1 rings (SSSR count). The van der Waals surface area contributed by atoms with Crippen LogP contribution in [0.2, 0.25) is 0 Å². The second-order valence-corrected chi connectivity index (χ2v) is 4.72. The molecule has 3 N–H and O–H groups in total. The zero-order chi connectivity index (χ0) is 14.4. The van der Waals surface area contributed by atoms with E-state index < -0.39 is 11.8 Å². The molecule has 0 spiro atoms. The summed E-state index contributed by atoms with van der Waals surface area (Å²) in [4.78, 5) is 22.9. The molecule has 104 valence electrons. The third-order valence-corrected chi connectivity index (χ3v) is 3.20. The number of carbonyl (C=O) groups is 2. The normalized spacial score (nSPS) is 11.9. The number of nitrogens with two attached hydrogens (primary N) is 1. The van der Waals surface area contributed by atoms with Crippen LogP contribution in [0.4, 0.5) is 5.69 Å². The van der Waals surface area contributed by atoms with Gasteiger partial charge in [0.1, 0.15) is 0 Å². The molecule has 2 amide bonds. The van der Waals surface area contributed by atoms with Crippen LogP contribution in [-0.4, -0.2) is 11.8 Å². The highest BCUT2D eigenvalue weighted by molar-refractivity contribution is 5.96. The summed E-state index contributed by atoms with van der Waals surface area (Å²) < 4.78 is 0.